The van der Waals surface area contributed by atoms with Crippen molar-refractivity contribution in [2.24, 2.45) is 4.36 Å². The van der Waals surface area contributed by atoms with Gasteiger partial charge in [0.05, 0.1) is 22.5 Å². The average Bonchev–Trinajstić information content (AvgIpc) is 2.72. The molecule has 0 spiro atoms. The molecule has 34 heavy (non-hydrogen) atoms. The number of anilines is 2. The monoisotopic (exact) mass is 489 g/mol. The number of hydrogen-bond donors (Lipinski definition) is 4. The van der Waals surface area contributed by atoms with Gasteiger partial charge in [0.15, 0.2) is 6.10 Å². The van der Waals surface area contributed by atoms with Crippen LogP contribution in [-0.4, -0.2) is 49.7 Å². The zero-order valence-corrected chi connectivity index (χ0v) is 20.5. The summed E-state index contributed by atoms with van der Waals surface area (Å²) < 4.78 is 35.4. The second-order valence-electron chi connectivity index (χ2n) is 8.50. The zero-order chi connectivity index (χ0) is 25.0. The van der Waals surface area contributed by atoms with Crippen molar-refractivity contribution in [3.63, 3.8) is 0 Å². The van der Waals surface area contributed by atoms with Crippen LogP contribution in [0.4, 0.5) is 21.6 Å². The fourth-order valence-electron chi connectivity index (χ4n) is 3.20. The third-order valence-corrected chi connectivity index (χ3v) is 5.25. The average molecular weight is 490 g/mol. The van der Waals surface area contributed by atoms with E-state index in [-0.39, 0.29) is 12.3 Å². The Kier molecular flexibility index (Phi) is 7.68. The molecule has 11 heteroatoms. The molecule has 1 aromatic heterocycles. The lowest BCUT2D eigenvalue weighted by molar-refractivity contribution is -0.128. The largest absolute Gasteiger partial charge is 0.479 e. The first kappa shape index (κ1) is 25.3. The Morgan fingerprint density at radius 1 is 1.29 bits per heavy atom. The number of thiol groups is 1. The van der Waals surface area contributed by atoms with E-state index in [0.29, 0.717) is 28.1 Å². The second kappa shape index (κ2) is 10.3. The van der Waals surface area contributed by atoms with Crippen molar-refractivity contribution in [1.82, 2.24) is 15.3 Å². The van der Waals surface area contributed by atoms with E-state index < -0.39 is 34.0 Å². The third kappa shape index (κ3) is 6.61. The van der Waals surface area contributed by atoms with Crippen LogP contribution >= 0.6 is 0 Å². The van der Waals surface area contributed by atoms with E-state index >= 15 is 0 Å². The summed E-state index contributed by atoms with van der Waals surface area (Å²) in [7, 11) is -1.71. The molecule has 3 rings (SSSR count). The molecule has 2 atom stereocenters. The van der Waals surface area contributed by atoms with E-state index in [4.69, 9.17) is 4.74 Å². The predicted molar refractivity (Wildman–Crippen MR) is 131 cm³/mol. The summed E-state index contributed by atoms with van der Waals surface area (Å²) in [5.41, 5.74) is 1.27. The highest BCUT2D eigenvalue weighted by molar-refractivity contribution is 7.74. The predicted octanol–water partition coefficient (Wildman–Crippen LogP) is 3.40. The Morgan fingerprint density at radius 2 is 2.03 bits per heavy atom. The van der Waals surface area contributed by atoms with Crippen LogP contribution in [0.15, 0.2) is 41.0 Å². The normalized spacial score (nSPS) is 13.5. The quantitative estimate of drug-likeness (QED) is 0.357. The maximum Gasteiger partial charge on any atom is 0.260 e. The number of aliphatic hydroxyl groups is 1. The first-order valence-electron chi connectivity index (χ1n) is 10.5. The lowest BCUT2D eigenvalue weighted by atomic mass is 10.1. The van der Waals surface area contributed by atoms with Crippen LogP contribution in [-0.2, 0) is 15.4 Å². The number of halogens is 1. The molecular weight excluding hydrogens is 461 g/mol. The zero-order valence-electron chi connectivity index (χ0n) is 19.6. The minimum Gasteiger partial charge on any atom is -0.479 e. The molecule has 0 aliphatic carbocycles. The number of benzene rings is 2. The molecular formula is C23H28FN5O4S. The number of hydrogen-bond acceptors (Lipinski definition) is 8. The molecule has 0 saturated heterocycles. The summed E-state index contributed by atoms with van der Waals surface area (Å²) in [4.78, 5) is 21.0. The first-order chi connectivity index (χ1) is 15.9. The van der Waals surface area contributed by atoms with Gasteiger partial charge in [0.25, 0.3) is 5.91 Å². The molecule has 1 amide bonds. The summed E-state index contributed by atoms with van der Waals surface area (Å²) in [5, 5.41) is 16.3. The summed E-state index contributed by atoms with van der Waals surface area (Å²) in [6.45, 7) is 6.57. The molecule has 0 saturated carbocycles. The van der Waals surface area contributed by atoms with Crippen LogP contribution in [0.5, 0.6) is 5.75 Å². The highest BCUT2D eigenvalue weighted by Gasteiger charge is 2.21. The third-order valence-electron chi connectivity index (χ3n) is 4.74. The van der Waals surface area contributed by atoms with E-state index in [2.05, 4.69) is 25.0 Å². The van der Waals surface area contributed by atoms with Crippen molar-refractivity contribution in [2.75, 3.05) is 18.1 Å². The SMILES string of the molecule is Cc1cc(/N=[SH](/C)=O)cc2ncnc(Nc3ccc(F)cc3O[C@H](C)C(=O)NCC(C)(C)O)c12. The van der Waals surface area contributed by atoms with Gasteiger partial charge in [-0.3, -0.25) is 9.00 Å². The smallest absolute Gasteiger partial charge is 0.260 e. The van der Waals surface area contributed by atoms with Crippen LogP contribution in [0.25, 0.3) is 10.9 Å². The number of carbonyl (C=O) groups excluding carboxylic acids is 1. The maximum absolute atomic E-state index is 14.0. The number of carbonyl (C=O) groups is 1. The van der Waals surface area contributed by atoms with Gasteiger partial charge >= 0.3 is 0 Å². The van der Waals surface area contributed by atoms with Crippen LogP contribution in [0.1, 0.15) is 26.3 Å². The summed E-state index contributed by atoms with van der Waals surface area (Å²) in [5.74, 6) is -0.421. The Bertz CT molecular complexity index is 1300. The highest BCUT2D eigenvalue weighted by atomic mass is 32.2. The van der Waals surface area contributed by atoms with Crippen molar-refractivity contribution in [3.05, 3.63) is 48.0 Å². The number of aromatic nitrogens is 2. The number of fused-ring (bicyclic) bond motifs is 1. The van der Waals surface area contributed by atoms with Crippen LogP contribution < -0.4 is 15.4 Å². The molecule has 3 N–H and O–H groups in total. The minimum absolute atomic E-state index is 0.0422. The molecule has 0 aliphatic rings. The van der Waals surface area contributed by atoms with Crippen molar-refractivity contribution in [1.29, 1.82) is 0 Å². The van der Waals surface area contributed by atoms with Gasteiger partial charge in [-0.1, -0.05) is 0 Å². The van der Waals surface area contributed by atoms with Gasteiger partial charge in [-0.2, -0.15) is 0 Å². The molecule has 1 unspecified atom stereocenters. The van der Waals surface area contributed by atoms with Gasteiger partial charge in [0.1, 0.15) is 23.7 Å². The number of ether oxygens (including phenoxy) is 1. The van der Waals surface area contributed by atoms with Crippen molar-refractivity contribution in [2.45, 2.75) is 39.4 Å². The van der Waals surface area contributed by atoms with Crippen molar-refractivity contribution in [3.8, 4) is 5.75 Å². The Morgan fingerprint density at radius 3 is 2.71 bits per heavy atom. The molecule has 182 valence electrons. The van der Waals surface area contributed by atoms with E-state index in [1.807, 2.05) is 6.92 Å². The summed E-state index contributed by atoms with van der Waals surface area (Å²) in [6, 6.07) is 7.42. The summed E-state index contributed by atoms with van der Waals surface area (Å²) in [6.07, 6.45) is 1.94. The number of aryl methyl sites for hydroxylation is 1. The molecule has 3 aromatic rings. The number of rotatable bonds is 8. The maximum atomic E-state index is 14.0. The van der Waals surface area contributed by atoms with Gasteiger partial charge in [-0.15, -0.1) is 0 Å². The Balaban J connectivity index is 1.91. The van der Waals surface area contributed by atoms with Crippen LogP contribution in [0, 0.1) is 12.7 Å². The second-order valence-corrected chi connectivity index (χ2v) is 9.63. The highest BCUT2D eigenvalue weighted by Crippen LogP contribution is 2.34. The molecule has 2 aromatic carbocycles. The number of amides is 1. The minimum atomic E-state index is -1.71. The molecule has 0 radical (unpaired) electrons. The van der Waals surface area contributed by atoms with Gasteiger partial charge in [-0.25, -0.2) is 18.7 Å². The fourth-order valence-corrected chi connectivity index (χ4v) is 3.64. The standard InChI is InChI=1S/C23H28FN5O4S/c1-13-8-16(29-34(5)32)10-18-20(13)21(27-12-26-18)28-17-7-6-15(24)9-19(17)33-14(2)22(30)25-11-23(3,4)31/h6-10,12,14,31,34H,11H2,1-5H3,(H,25,30)(H,26,27,28)/t14-/m1/s1. The van der Waals surface area contributed by atoms with Crippen LogP contribution in [0.3, 0.4) is 0 Å². The molecule has 0 fully saturated rings. The van der Waals surface area contributed by atoms with Gasteiger partial charge in [0, 0.05) is 34.8 Å². The molecule has 0 aliphatic heterocycles. The van der Waals surface area contributed by atoms with Crippen molar-refractivity contribution >= 4 is 44.6 Å². The number of nitrogens with zero attached hydrogens (tertiary/aromatic N) is 3. The van der Waals surface area contributed by atoms with Crippen molar-refractivity contribution < 1.29 is 23.2 Å². The van der Waals surface area contributed by atoms with E-state index in [1.165, 1.54) is 37.7 Å². The Labute approximate surface area is 199 Å². The summed E-state index contributed by atoms with van der Waals surface area (Å²) >= 11 is 0. The molecule has 9 nitrogen and oxygen atoms in total. The Hall–Kier alpha value is -3.31. The number of nitrogens with one attached hydrogen (secondary N) is 2. The first-order valence-corrected chi connectivity index (χ1v) is 12.2. The van der Waals surface area contributed by atoms with Crippen LogP contribution in [0.2, 0.25) is 0 Å². The fraction of sp³-hybridized carbons (Fsp3) is 0.348. The topological polar surface area (TPSA) is 126 Å². The van der Waals surface area contributed by atoms with E-state index in [9.17, 15) is 18.5 Å². The molecule has 1 heterocycles. The van der Waals surface area contributed by atoms with E-state index in [1.54, 1.807) is 26.0 Å². The lowest BCUT2D eigenvalue weighted by Gasteiger charge is -2.21. The van der Waals surface area contributed by atoms with Gasteiger partial charge in [-0.05, 0) is 57.5 Å². The molecule has 0 bridgehead atoms. The van der Waals surface area contributed by atoms with Gasteiger partial charge < -0.3 is 20.5 Å². The lowest BCUT2D eigenvalue weighted by Crippen LogP contribution is -2.43. The van der Waals surface area contributed by atoms with E-state index in [0.717, 1.165) is 5.56 Å². The van der Waals surface area contributed by atoms with Gasteiger partial charge in [0.2, 0.25) is 0 Å².